The first-order chi connectivity index (χ1) is 10.7. The van der Waals surface area contributed by atoms with Gasteiger partial charge in [0.1, 0.15) is 5.25 Å². The topological polar surface area (TPSA) is 57.7 Å². The van der Waals surface area contributed by atoms with E-state index in [2.05, 4.69) is 30.0 Å². The summed E-state index contributed by atoms with van der Waals surface area (Å²) in [5.74, 6) is -0.275. The third-order valence-corrected chi connectivity index (χ3v) is 6.96. The second-order valence-corrected chi connectivity index (χ2v) is 9.26. The van der Waals surface area contributed by atoms with Crippen molar-refractivity contribution in [1.29, 1.82) is 0 Å². The lowest BCUT2D eigenvalue weighted by atomic mass is 10.2. The molecule has 0 aromatic heterocycles. The second kappa shape index (κ2) is 6.91. The minimum Gasteiger partial charge on any atom is -0.368 e. The maximum atomic E-state index is 12.5. The second-order valence-electron chi connectivity index (χ2n) is 6.43. The minimum atomic E-state index is -3.40. The molecule has 128 valence electrons. The van der Waals surface area contributed by atoms with Crippen molar-refractivity contribution in [2.45, 2.75) is 38.2 Å². The van der Waals surface area contributed by atoms with Gasteiger partial charge in [0.05, 0.1) is 5.25 Å². The summed E-state index contributed by atoms with van der Waals surface area (Å²) in [6.45, 7) is 9.37. The lowest BCUT2D eigenvalue weighted by Crippen LogP contribution is -2.52. The molecule has 0 unspecified atom stereocenters. The van der Waals surface area contributed by atoms with Crippen molar-refractivity contribution >= 4 is 21.4 Å². The number of rotatable bonds is 4. The van der Waals surface area contributed by atoms with E-state index >= 15 is 0 Å². The maximum absolute atomic E-state index is 12.5. The van der Waals surface area contributed by atoms with Crippen LogP contribution in [-0.4, -0.2) is 55.9 Å². The minimum absolute atomic E-state index is 0.275. The monoisotopic (exact) mass is 338 g/mol. The van der Waals surface area contributed by atoms with Crippen LogP contribution in [0.15, 0.2) is 24.3 Å². The van der Waals surface area contributed by atoms with E-state index in [-0.39, 0.29) is 5.91 Å². The molecule has 0 bridgehead atoms. The molecule has 23 heavy (non-hydrogen) atoms. The molecule has 1 aliphatic heterocycles. The highest BCUT2D eigenvalue weighted by molar-refractivity contribution is 7.93. The van der Waals surface area contributed by atoms with Gasteiger partial charge in [-0.25, -0.2) is 8.42 Å². The standard InChI is InChI=1S/C17H26N2O3S/c1-13(2)23(21,22)15(4)17(20)19-10-8-18(9-11-19)16-7-5-6-14(3)12-16/h5-7,12-13,15H,8-11H2,1-4H3/t15-/m1/s1. The van der Waals surface area contributed by atoms with Gasteiger partial charge in [0.25, 0.3) is 0 Å². The number of aryl methyl sites for hydroxylation is 1. The molecule has 6 heteroatoms. The Hall–Kier alpha value is -1.56. The molecule has 0 spiro atoms. The van der Waals surface area contributed by atoms with Crippen LogP contribution < -0.4 is 4.90 Å². The van der Waals surface area contributed by atoms with Crippen LogP contribution in [0.5, 0.6) is 0 Å². The van der Waals surface area contributed by atoms with Gasteiger partial charge in [0.15, 0.2) is 9.84 Å². The molecule has 1 fully saturated rings. The number of carbonyl (C=O) groups excluding carboxylic acids is 1. The Morgan fingerprint density at radius 3 is 2.22 bits per heavy atom. The summed E-state index contributed by atoms with van der Waals surface area (Å²) in [5.41, 5.74) is 2.36. The lowest BCUT2D eigenvalue weighted by molar-refractivity contribution is -0.130. The Kier molecular flexibility index (Phi) is 5.34. The summed E-state index contributed by atoms with van der Waals surface area (Å²) in [4.78, 5) is 16.4. The van der Waals surface area contributed by atoms with E-state index in [9.17, 15) is 13.2 Å². The summed E-state index contributed by atoms with van der Waals surface area (Å²) in [5, 5.41) is -1.50. The molecule has 1 aromatic carbocycles. The average molecular weight is 338 g/mol. The van der Waals surface area contributed by atoms with Crippen molar-refractivity contribution in [3.63, 3.8) is 0 Å². The Balaban J connectivity index is 2.00. The number of hydrogen-bond acceptors (Lipinski definition) is 4. The van der Waals surface area contributed by atoms with E-state index in [1.165, 1.54) is 12.5 Å². The molecule has 1 aliphatic rings. The quantitative estimate of drug-likeness (QED) is 0.841. The maximum Gasteiger partial charge on any atom is 0.240 e. The van der Waals surface area contributed by atoms with Gasteiger partial charge >= 0.3 is 0 Å². The third-order valence-electron chi connectivity index (χ3n) is 4.46. The number of nitrogens with zero attached hydrogens (tertiary/aromatic N) is 2. The largest absolute Gasteiger partial charge is 0.368 e. The molecular weight excluding hydrogens is 312 g/mol. The fraction of sp³-hybridized carbons (Fsp3) is 0.588. The Morgan fingerprint density at radius 1 is 1.09 bits per heavy atom. The molecule has 1 aromatic rings. The molecule has 1 amide bonds. The van der Waals surface area contributed by atoms with Crippen LogP contribution in [-0.2, 0) is 14.6 Å². The number of piperazine rings is 1. The van der Waals surface area contributed by atoms with Gasteiger partial charge in [-0.15, -0.1) is 0 Å². The van der Waals surface area contributed by atoms with Crippen LogP contribution in [0, 0.1) is 6.92 Å². The first-order valence-corrected chi connectivity index (χ1v) is 9.67. The molecule has 1 saturated heterocycles. The van der Waals surface area contributed by atoms with Crippen LogP contribution in [0.25, 0.3) is 0 Å². The van der Waals surface area contributed by atoms with Crippen molar-refractivity contribution in [2.24, 2.45) is 0 Å². The van der Waals surface area contributed by atoms with Gasteiger partial charge < -0.3 is 9.80 Å². The van der Waals surface area contributed by atoms with Crippen LogP contribution in [0.2, 0.25) is 0 Å². The fourth-order valence-corrected chi connectivity index (χ4v) is 4.06. The summed E-state index contributed by atoms with van der Waals surface area (Å²) in [7, 11) is -3.40. The fourth-order valence-electron chi connectivity index (χ4n) is 2.82. The number of anilines is 1. The van der Waals surface area contributed by atoms with Crippen molar-refractivity contribution in [1.82, 2.24) is 4.90 Å². The highest BCUT2D eigenvalue weighted by Gasteiger charge is 2.34. The van der Waals surface area contributed by atoms with E-state index in [0.717, 1.165) is 18.8 Å². The van der Waals surface area contributed by atoms with Crippen molar-refractivity contribution in [3.05, 3.63) is 29.8 Å². The first-order valence-electron chi connectivity index (χ1n) is 8.06. The van der Waals surface area contributed by atoms with Crippen LogP contribution in [0.1, 0.15) is 26.3 Å². The van der Waals surface area contributed by atoms with Gasteiger partial charge in [-0.05, 0) is 45.4 Å². The number of carbonyl (C=O) groups is 1. The van der Waals surface area contributed by atoms with Gasteiger partial charge in [-0.1, -0.05) is 12.1 Å². The van der Waals surface area contributed by atoms with Crippen molar-refractivity contribution in [3.8, 4) is 0 Å². The summed E-state index contributed by atoms with van der Waals surface area (Å²) < 4.78 is 24.4. The Morgan fingerprint density at radius 2 is 1.70 bits per heavy atom. The Labute approximate surface area is 139 Å². The van der Waals surface area contributed by atoms with E-state index in [0.29, 0.717) is 13.1 Å². The van der Waals surface area contributed by atoms with Crippen molar-refractivity contribution < 1.29 is 13.2 Å². The molecule has 0 aliphatic carbocycles. The highest BCUT2D eigenvalue weighted by Crippen LogP contribution is 2.19. The molecule has 1 heterocycles. The number of hydrogen-bond donors (Lipinski definition) is 0. The predicted molar refractivity (Wildman–Crippen MR) is 93.5 cm³/mol. The highest BCUT2D eigenvalue weighted by atomic mass is 32.2. The van der Waals surface area contributed by atoms with E-state index in [1.807, 2.05) is 6.07 Å². The lowest BCUT2D eigenvalue weighted by Gasteiger charge is -2.37. The normalized spacial score (nSPS) is 17.4. The van der Waals surface area contributed by atoms with Crippen LogP contribution in [0.4, 0.5) is 5.69 Å². The number of benzene rings is 1. The van der Waals surface area contributed by atoms with E-state index < -0.39 is 20.3 Å². The molecule has 5 nitrogen and oxygen atoms in total. The van der Waals surface area contributed by atoms with Gasteiger partial charge in [0, 0.05) is 31.9 Å². The number of amides is 1. The van der Waals surface area contributed by atoms with Crippen LogP contribution >= 0.6 is 0 Å². The van der Waals surface area contributed by atoms with E-state index in [1.54, 1.807) is 18.7 Å². The molecule has 2 rings (SSSR count). The van der Waals surface area contributed by atoms with Crippen molar-refractivity contribution in [2.75, 3.05) is 31.1 Å². The number of sulfone groups is 1. The van der Waals surface area contributed by atoms with Gasteiger partial charge in [0.2, 0.25) is 5.91 Å². The zero-order valence-corrected chi connectivity index (χ0v) is 15.1. The molecule has 1 atom stereocenters. The van der Waals surface area contributed by atoms with E-state index in [4.69, 9.17) is 0 Å². The SMILES string of the molecule is Cc1cccc(N2CCN(C(=O)[C@@H](C)S(=O)(=O)C(C)C)CC2)c1. The Bertz CT molecular complexity index is 662. The zero-order valence-electron chi connectivity index (χ0n) is 14.3. The zero-order chi connectivity index (χ0) is 17.2. The molecule has 0 radical (unpaired) electrons. The van der Waals surface area contributed by atoms with Gasteiger partial charge in [-0.2, -0.15) is 0 Å². The molecule has 0 N–H and O–H groups in total. The molecular formula is C17H26N2O3S. The average Bonchev–Trinajstić information content (AvgIpc) is 2.53. The summed E-state index contributed by atoms with van der Waals surface area (Å²) in [6, 6.07) is 8.28. The van der Waals surface area contributed by atoms with Gasteiger partial charge in [-0.3, -0.25) is 4.79 Å². The third kappa shape index (κ3) is 3.86. The van der Waals surface area contributed by atoms with Crippen LogP contribution in [0.3, 0.4) is 0 Å². The predicted octanol–water partition coefficient (Wildman–Crippen LogP) is 1.86. The summed E-state index contributed by atoms with van der Waals surface area (Å²) >= 11 is 0. The first kappa shape index (κ1) is 17.8. The smallest absolute Gasteiger partial charge is 0.240 e. The summed E-state index contributed by atoms with van der Waals surface area (Å²) in [6.07, 6.45) is 0. The molecule has 0 saturated carbocycles.